The number of phenols is 1. The SMILES string of the molecule is Cc1c(O)cccc1C(=O)N[C@@H](Cc1ccccc1)[C@H](O)C(=O)N1CO[C@@H](C)[C@H]1C(=O)N[C@@H]1C=CCCC1. The van der Waals surface area contributed by atoms with E-state index in [-0.39, 0.29) is 36.4 Å². The van der Waals surface area contributed by atoms with Crippen LogP contribution in [0.1, 0.15) is 47.7 Å². The molecule has 1 aliphatic carbocycles. The molecule has 0 radical (unpaired) electrons. The second kappa shape index (κ2) is 12.2. The highest BCUT2D eigenvalue weighted by Gasteiger charge is 2.44. The molecule has 3 amide bonds. The highest BCUT2D eigenvalue weighted by atomic mass is 16.5. The van der Waals surface area contributed by atoms with E-state index in [1.54, 1.807) is 26.0 Å². The zero-order chi connectivity index (χ0) is 27.2. The van der Waals surface area contributed by atoms with Crippen molar-refractivity contribution in [3.8, 4) is 5.75 Å². The number of allylic oxidation sites excluding steroid dienone is 1. The Kier molecular flexibility index (Phi) is 8.81. The predicted molar refractivity (Wildman–Crippen MR) is 141 cm³/mol. The monoisotopic (exact) mass is 521 g/mol. The topological polar surface area (TPSA) is 128 Å². The van der Waals surface area contributed by atoms with E-state index >= 15 is 0 Å². The van der Waals surface area contributed by atoms with Crippen molar-refractivity contribution in [1.82, 2.24) is 15.5 Å². The summed E-state index contributed by atoms with van der Waals surface area (Å²) in [7, 11) is 0. The van der Waals surface area contributed by atoms with Crippen LogP contribution in [0.5, 0.6) is 5.75 Å². The molecule has 0 unspecified atom stereocenters. The molecule has 1 fully saturated rings. The Balaban J connectivity index is 1.54. The highest BCUT2D eigenvalue weighted by molar-refractivity contribution is 5.97. The van der Waals surface area contributed by atoms with Gasteiger partial charge in [0.15, 0.2) is 6.10 Å². The first kappa shape index (κ1) is 27.3. The van der Waals surface area contributed by atoms with E-state index in [1.165, 1.54) is 11.0 Å². The summed E-state index contributed by atoms with van der Waals surface area (Å²) in [4.78, 5) is 41.1. The molecule has 9 nitrogen and oxygen atoms in total. The molecule has 1 saturated heterocycles. The number of nitrogens with zero attached hydrogens (tertiary/aromatic N) is 1. The third-order valence-corrected chi connectivity index (χ3v) is 7.19. The van der Waals surface area contributed by atoms with Crippen LogP contribution in [-0.2, 0) is 20.7 Å². The molecular formula is C29H35N3O6. The van der Waals surface area contributed by atoms with Gasteiger partial charge >= 0.3 is 0 Å². The number of phenolic OH excluding ortho intramolecular Hbond substituents is 1. The normalized spacial score (nSPS) is 22.5. The average molecular weight is 522 g/mol. The summed E-state index contributed by atoms with van der Waals surface area (Å²) in [6.07, 6.45) is 4.72. The highest BCUT2D eigenvalue weighted by Crippen LogP contribution is 2.23. The summed E-state index contributed by atoms with van der Waals surface area (Å²) >= 11 is 0. The predicted octanol–water partition coefficient (Wildman–Crippen LogP) is 2.20. The smallest absolute Gasteiger partial charge is 0.256 e. The number of benzene rings is 2. The summed E-state index contributed by atoms with van der Waals surface area (Å²) < 4.78 is 5.64. The minimum Gasteiger partial charge on any atom is -0.508 e. The van der Waals surface area contributed by atoms with E-state index in [0.717, 1.165) is 24.8 Å². The number of aromatic hydroxyl groups is 1. The number of rotatable bonds is 8. The van der Waals surface area contributed by atoms with Crippen LogP contribution < -0.4 is 10.6 Å². The van der Waals surface area contributed by atoms with E-state index in [1.807, 2.05) is 42.5 Å². The zero-order valence-electron chi connectivity index (χ0n) is 21.7. The standard InChI is InChI=1S/C29H35N3O6/c1-18-22(14-9-15-24(18)33)27(35)31-23(16-20-10-5-3-6-11-20)26(34)29(37)32-17-38-19(2)25(32)28(36)30-21-12-7-4-8-13-21/h3,5-7,9-12,14-15,19,21,23,25-26,33-34H,4,8,13,16-17H2,1-2H3,(H,30,36)(H,31,35)/t19-,21+,23-,25-,26-/m0/s1. The molecule has 2 aliphatic rings. The Bertz CT molecular complexity index is 1180. The molecular weight excluding hydrogens is 486 g/mol. The van der Waals surface area contributed by atoms with Gasteiger partial charge in [-0.25, -0.2) is 0 Å². The van der Waals surface area contributed by atoms with Gasteiger partial charge in [0.25, 0.3) is 11.8 Å². The van der Waals surface area contributed by atoms with E-state index < -0.39 is 36.1 Å². The van der Waals surface area contributed by atoms with Gasteiger partial charge < -0.3 is 30.5 Å². The van der Waals surface area contributed by atoms with Crippen LogP contribution in [0.3, 0.4) is 0 Å². The fraction of sp³-hybridized carbons (Fsp3) is 0.414. The Labute approximate surface area is 222 Å². The van der Waals surface area contributed by atoms with E-state index in [2.05, 4.69) is 10.6 Å². The van der Waals surface area contributed by atoms with Crippen molar-refractivity contribution in [2.75, 3.05) is 6.73 Å². The van der Waals surface area contributed by atoms with Crippen molar-refractivity contribution in [3.05, 3.63) is 77.4 Å². The Hall–Kier alpha value is -3.69. The largest absolute Gasteiger partial charge is 0.508 e. The van der Waals surface area contributed by atoms with Crippen LogP contribution in [0.15, 0.2) is 60.7 Å². The number of carbonyl (C=O) groups excluding carboxylic acids is 3. The number of carbonyl (C=O) groups is 3. The van der Waals surface area contributed by atoms with Crippen LogP contribution in [0, 0.1) is 6.92 Å². The minimum atomic E-state index is -1.64. The van der Waals surface area contributed by atoms with Gasteiger partial charge in [-0.3, -0.25) is 14.4 Å². The second-order valence-electron chi connectivity index (χ2n) is 9.89. The second-order valence-corrected chi connectivity index (χ2v) is 9.89. The van der Waals surface area contributed by atoms with Crippen LogP contribution in [0.4, 0.5) is 0 Å². The van der Waals surface area contributed by atoms with E-state index in [4.69, 9.17) is 4.74 Å². The first-order chi connectivity index (χ1) is 18.3. The molecule has 0 saturated carbocycles. The van der Waals surface area contributed by atoms with Crippen molar-refractivity contribution < 1.29 is 29.3 Å². The maximum absolute atomic E-state index is 13.6. The van der Waals surface area contributed by atoms with Gasteiger partial charge in [0.1, 0.15) is 18.5 Å². The van der Waals surface area contributed by atoms with Gasteiger partial charge in [-0.15, -0.1) is 0 Å². The van der Waals surface area contributed by atoms with Gasteiger partial charge in [0.2, 0.25) is 5.91 Å². The molecule has 2 aromatic carbocycles. The van der Waals surface area contributed by atoms with Crippen LogP contribution in [0.2, 0.25) is 0 Å². The summed E-state index contributed by atoms with van der Waals surface area (Å²) in [6.45, 7) is 3.19. The molecule has 0 spiro atoms. The number of ether oxygens (including phenoxy) is 1. The van der Waals surface area contributed by atoms with Crippen molar-refractivity contribution in [3.63, 3.8) is 0 Å². The molecule has 9 heteroatoms. The first-order valence-electron chi connectivity index (χ1n) is 13.0. The molecule has 1 heterocycles. The van der Waals surface area contributed by atoms with Gasteiger partial charge in [-0.05, 0) is 57.2 Å². The zero-order valence-corrected chi connectivity index (χ0v) is 21.7. The molecule has 0 bridgehead atoms. The summed E-state index contributed by atoms with van der Waals surface area (Å²) in [6, 6.07) is 11.8. The molecule has 2 aromatic rings. The lowest BCUT2D eigenvalue weighted by atomic mass is 9.98. The van der Waals surface area contributed by atoms with Gasteiger partial charge in [-0.1, -0.05) is 48.6 Å². The third-order valence-electron chi connectivity index (χ3n) is 7.19. The van der Waals surface area contributed by atoms with E-state index in [0.29, 0.717) is 5.56 Å². The molecule has 1 aliphatic heterocycles. The number of nitrogens with one attached hydrogen (secondary N) is 2. The number of aliphatic hydroxyl groups excluding tert-OH is 1. The molecule has 202 valence electrons. The van der Waals surface area contributed by atoms with Gasteiger partial charge in [-0.2, -0.15) is 0 Å². The van der Waals surface area contributed by atoms with Crippen molar-refractivity contribution in [1.29, 1.82) is 0 Å². The van der Waals surface area contributed by atoms with Crippen molar-refractivity contribution in [2.24, 2.45) is 0 Å². The molecule has 4 rings (SSSR count). The number of aliphatic hydroxyl groups is 1. The molecule has 0 aromatic heterocycles. The lowest BCUT2D eigenvalue weighted by Gasteiger charge is -2.31. The molecule has 38 heavy (non-hydrogen) atoms. The molecule has 5 atom stereocenters. The van der Waals surface area contributed by atoms with Crippen LogP contribution in [-0.4, -0.2) is 69.9 Å². The van der Waals surface area contributed by atoms with Crippen molar-refractivity contribution in [2.45, 2.75) is 69.9 Å². The Morgan fingerprint density at radius 3 is 2.61 bits per heavy atom. The quantitative estimate of drug-likeness (QED) is 0.395. The third kappa shape index (κ3) is 6.23. The Morgan fingerprint density at radius 1 is 1.13 bits per heavy atom. The maximum Gasteiger partial charge on any atom is 0.256 e. The fourth-order valence-corrected chi connectivity index (χ4v) is 4.95. The van der Waals surface area contributed by atoms with Crippen LogP contribution >= 0.6 is 0 Å². The van der Waals surface area contributed by atoms with E-state index in [9.17, 15) is 24.6 Å². The fourth-order valence-electron chi connectivity index (χ4n) is 4.95. The summed E-state index contributed by atoms with van der Waals surface area (Å²) in [5.41, 5.74) is 1.43. The summed E-state index contributed by atoms with van der Waals surface area (Å²) in [5.74, 6) is -1.61. The Morgan fingerprint density at radius 2 is 1.89 bits per heavy atom. The minimum absolute atomic E-state index is 0.0289. The number of hydrogen-bond acceptors (Lipinski definition) is 6. The average Bonchev–Trinajstić information content (AvgIpc) is 3.31. The van der Waals surface area contributed by atoms with Crippen molar-refractivity contribution >= 4 is 17.7 Å². The summed E-state index contributed by atoms with van der Waals surface area (Å²) in [5, 5.41) is 27.1. The maximum atomic E-state index is 13.6. The first-order valence-corrected chi connectivity index (χ1v) is 13.0. The number of hydrogen-bond donors (Lipinski definition) is 4. The lowest BCUT2D eigenvalue weighted by molar-refractivity contribution is -0.147. The van der Waals surface area contributed by atoms with Crippen LogP contribution in [0.25, 0.3) is 0 Å². The van der Waals surface area contributed by atoms with Gasteiger partial charge in [0.05, 0.1) is 12.1 Å². The van der Waals surface area contributed by atoms with Gasteiger partial charge in [0, 0.05) is 17.2 Å². The number of amides is 3. The lowest BCUT2D eigenvalue weighted by Crippen LogP contribution is -2.57. The molecule has 4 N–H and O–H groups in total.